The van der Waals surface area contributed by atoms with Crippen molar-refractivity contribution in [3.05, 3.63) is 168 Å². The molecule has 5 nitrogen and oxygen atoms in total. The van der Waals surface area contributed by atoms with Crippen LogP contribution in [0.2, 0.25) is 0 Å². The summed E-state index contributed by atoms with van der Waals surface area (Å²) >= 11 is 0. The Hall–Kier alpha value is -5.42. The smallest absolute Gasteiger partial charge is 0.321 e. The lowest BCUT2D eigenvalue weighted by molar-refractivity contribution is -0.157. The van der Waals surface area contributed by atoms with Gasteiger partial charge in [-0.1, -0.05) is 133 Å². The molecule has 6 aromatic carbocycles. The van der Waals surface area contributed by atoms with Crippen molar-refractivity contribution in [2.24, 2.45) is 0 Å². The van der Waals surface area contributed by atoms with E-state index in [1.807, 2.05) is 70.5 Å². The van der Waals surface area contributed by atoms with Crippen LogP contribution >= 0.6 is 0 Å². The molecule has 1 aliphatic rings. The number of amides is 2. The number of hydrogen-bond acceptors (Lipinski definition) is 3. The third-order valence-electron chi connectivity index (χ3n) is 9.26. The number of ether oxygens (including phenoxy) is 1. The van der Waals surface area contributed by atoms with Crippen molar-refractivity contribution in [1.29, 1.82) is 0 Å². The van der Waals surface area contributed by atoms with E-state index in [0.29, 0.717) is 25.9 Å². The maximum absolute atomic E-state index is 15.0. The van der Waals surface area contributed by atoms with Crippen molar-refractivity contribution in [1.82, 2.24) is 9.80 Å². The maximum Gasteiger partial charge on any atom is 0.321 e. The van der Waals surface area contributed by atoms with Crippen molar-refractivity contribution in [3.63, 3.8) is 0 Å². The van der Waals surface area contributed by atoms with Gasteiger partial charge in [-0.05, 0) is 68.8 Å². The Balaban J connectivity index is 1.34. The lowest BCUT2D eigenvalue weighted by Crippen LogP contribution is -2.67. The van der Waals surface area contributed by atoms with Gasteiger partial charge >= 0.3 is 12.0 Å². The highest BCUT2D eigenvalue weighted by molar-refractivity contribution is 5.84. The first-order valence-corrected chi connectivity index (χ1v) is 16.3. The Morgan fingerprint density at radius 1 is 0.532 bits per heavy atom. The predicted octanol–water partition coefficient (Wildman–Crippen LogP) is 8.59. The van der Waals surface area contributed by atoms with Crippen LogP contribution in [0.1, 0.15) is 29.2 Å². The molecule has 0 aliphatic carbocycles. The monoisotopic (exact) mass is 618 g/mol. The first-order valence-electron chi connectivity index (χ1n) is 16.3. The van der Waals surface area contributed by atoms with Gasteiger partial charge in [0, 0.05) is 20.0 Å². The van der Waals surface area contributed by atoms with Crippen LogP contribution in [0.3, 0.4) is 0 Å². The van der Waals surface area contributed by atoms with Crippen LogP contribution in [-0.4, -0.2) is 40.0 Å². The third kappa shape index (κ3) is 6.75. The fourth-order valence-corrected chi connectivity index (χ4v) is 7.01. The molecule has 234 valence electrons. The van der Waals surface area contributed by atoms with E-state index in [2.05, 4.69) is 84.9 Å². The molecule has 6 aromatic rings. The molecule has 0 N–H and O–H groups in total. The molecular weight excluding hydrogens is 580 g/mol. The Morgan fingerprint density at radius 2 is 0.936 bits per heavy atom. The van der Waals surface area contributed by atoms with Gasteiger partial charge in [-0.15, -0.1) is 0 Å². The standard InChI is InChI=1S/C42H38N2O3/c1-30(45)47-41-39(26-31-12-4-2-5-13-31)43(28-33-20-22-35-16-8-10-18-37(35)24-33)42(46)44(40(41)27-32-14-6-3-7-15-32)29-34-21-23-36-17-9-11-19-38(36)25-34/h2-25,39-41H,26-29H2,1H3/t39-,40-/m1/s1. The van der Waals surface area contributed by atoms with E-state index in [1.165, 1.54) is 6.92 Å². The van der Waals surface area contributed by atoms with Gasteiger partial charge in [-0.3, -0.25) is 4.79 Å². The number of fused-ring (bicyclic) bond motifs is 2. The van der Waals surface area contributed by atoms with Crippen LogP contribution in [0, 0.1) is 0 Å². The maximum atomic E-state index is 15.0. The molecule has 0 unspecified atom stereocenters. The van der Waals surface area contributed by atoms with Crippen LogP contribution < -0.4 is 0 Å². The second-order valence-corrected chi connectivity index (χ2v) is 12.5. The van der Waals surface area contributed by atoms with Gasteiger partial charge in [0.2, 0.25) is 0 Å². The minimum absolute atomic E-state index is 0.0587. The molecule has 0 spiro atoms. The second kappa shape index (κ2) is 13.5. The molecule has 1 heterocycles. The topological polar surface area (TPSA) is 49.9 Å². The highest BCUT2D eigenvalue weighted by atomic mass is 16.5. The Morgan fingerprint density at radius 3 is 1.36 bits per heavy atom. The first-order chi connectivity index (χ1) is 23.0. The quantitative estimate of drug-likeness (QED) is 0.153. The highest BCUT2D eigenvalue weighted by Crippen LogP contribution is 2.33. The number of benzene rings is 6. The van der Waals surface area contributed by atoms with Crippen molar-refractivity contribution in [2.75, 3.05) is 0 Å². The highest BCUT2D eigenvalue weighted by Gasteiger charge is 2.48. The number of urea groups is 1. The van der Waals surface area contributed by atoms with E-state index in [9.17, 15) is 4.79 Å². The van der Waals surface area contributed by atoms with Gasteiger partial charge in [0.25, 0.3) is 0 Å². The van der Waals surface area contributed by atoms with Gasteiger partial charge in [-0.2, -0.15) is 0 Å². The molecule has 7 rings (SSSR count). The number of carbonyl (C=O) groups is 2. The normalized spacial score (nSPS) is 16.9. The van der Waals surface area contributed by atoms with E-state index in [1.54, 1.807) is 0 Å². The third-order valence-corrected chi connectivity index (χ3v) is 9.26. The van der Waals surface area contributed by atoms with E-state index in [-0.39, 0.29) is 24.1 Å². The lowest BCUT2D eigenvalue weighted by atomic mass is 9.87. The molecule has 1 fully saturated rings. The van der Waals surface area contributed by atoms with Crippen LogP contribution in [0.15, 0.2) is 146 Å². The molecule has 47 heavy (non-hydrogen) atoms. The molecule has 2 atom stereocenters. The van der Waals surface area contributed by atoms with Crippen molar-refractivity contribution < 1.29 is 14.3 Å². The Bertz CT molecular complexity index is 1870. The molecular formula is C42H38N2O3. The largest absolute Gasteiger partial charge is 0.458 e. The minimum Gasteiger partial charge on any atom is -0.458 e. The zero-order chi connectivity index (χ0) is 32.2. The zero-order valence-corrected chi connectivity index (χ0v) is 26.5. The number of esters is 1. The SMILES string of the molecule is CC(=O)OC1[C@@H](Cc2ccccc2)N(Cc2ccc3ccccc3c2)C(=O)N(Cc2ccc3ccccc3c2)[C@@H]1Cc1ccccc1. The molecule has 5 heteroatoms. The zero-order valence-electron chi connectivity index (χ0n) is 26.5. The molecule has 0 aromatic heterocycles. The van der Waals surface area contributed by atoms with Crippen LogP contribution in [0.25, 0.3) is 21.5 Å². The molecule has 0 radical (unpaired) electrons. The molecule has 0 bridgehead atoms. The van der Waals surface area contributed by atoms with Crippen LogP contribution in [0.4, 0.5) is 4.79 Å². The molecule has 1 saturated heterocycles. The molecule has 0 saturated carbocycles. The first kappa shape index (κ1) is 30.2. The molecule has 1 aliphatic heterocycles. The minimum atomic E-state index is -0.563. The van der Waals surface area contributed by atoms with E-state index >= 15 is 4.79 Å². The van der Waals surface area contributed by atoms with Crippen molar-refractivity contribution in [3.8, 4) is 0 Å². The summed E-state index contributed by atoms with van der Waals surface area (Å²) in [5.41, 5.74) is 4.24. The van der Waals surface area contributed by atoms with Crippen molar-refractivity contribution in [2.45, 2.75) is 51.0 Å². The van der Waals surface area contributed by atoms with Gasteiger partial charge in [0.15, 0.2) is 0 Å². The number of hydrogen-bond donors (Lipinski definition) is 0. The summed E-state index contributed by atoms with van der Waals surface area (Å²) in [6, 6.07) is 48.8. The summed E-state index contributed by atoms with van der Waals surface area (Å²) in [4.78, 5) is 31.7. The van der Waals surface area contributed by atoms with Gasteiger partial charge in [-0.25, -0.2) is 4.79 Å². The Labute approximate surface area is 276 Å². The average molecular weight is 619 g/mol. The summed E-state index contributed by atoms with van der Waals surface area (Å²) in [5, 5.41) is 4.56. The van der Waals surface area contributed by atoms with Gasteiger partial charge in [0.1, 0.15) is 6.10 Å². The number of nitrogens with zero attached hydrogens (tertiary/aromatic N) is 2. The fourth-order valence-electron chi connectivity index (χ4n) is 7.01. The average Bonchev–Trinajstić information content (AvgIpc) is 3.10. The number of carbonyl (C=O) groups excluding carboxylic acids is 2. The predicted molar refractivity (Wildman–Crippen MR) is 188 cm³/mol. The van der Waals surface area contributed by atoms with Gasteiger partial charge in [0.05, 0.1) is 12.1 Å². The summed E-state index contributed by atoms with van der Waals surface area (Å²) in [6.45, 7) is 2.26. The lowest BCUT2D eigenvalue weighted by Gasteiger charge is -2.50. The van der Waals surface area contributed by atoms with E-state index in [0.717, 1.165) is 43.8 Å². The second-order valence-electron chi connectivity index (χ2n) is 12.5. The van der Waals surface area contributed by atoms with Crippen LogP contribution in [0.5, 0.6) is 0 Å². The molecule has 2 amide bonds. The number of rotatable bonds is 9. The Kier molecular flexibility index (Phi) is 8.70. The summed E-state index contributed by atoms with van der Waals surface area (Å²) < 4.78 is 6.31. The van der Waals surface area contributed by atoms with Crippen LogP contribution in [-0.2, 0) is 35.5 Å². The van der Waals surface area contributed by atoms with Crippen molar-refractivity contribution >= 4 is 33.5 Å². The summed E-state index contributed by atoms with van der Waals surface area (Å²) in [7, 11) is 0. The van der Waals surface area contributed by atoms with Gasteiger partial charge < -0.3 is 14.5 Å². The van der Waals surface area contributed by atoms with E-state index < -0.39 is 6.10 Å². The fraction of sp³-hybridized carbons (Fsp3) is 0.190. The summed E-state index contributed by atoms with van der Waals surface area (Å²) in [5.74, 6) is -0.350. The summed E-state index contributed by atoms with van der Waals surface area (Å²) in [6.07, 6.45) is 0.562. The van der Waals surface area contributed by atoms with E-state index in [4.69, 9.17) is 4.74 Å².